The first-order chi connectivity index (χ1) is 24.0. The van der Waals surface area contributed by atoms with Crippen LogP contribution in [-0.4, -0.2) is 33.3 Å². The fourth-order valence-corrected chi connectivity index (χ4v) is 5.50. The molecule has 0 spiro atoms. The van der Waals surface area contributed by atoms with E-state index >= 15 is 0 Å². The summed E-state index contributed by atoms with van der Waals surface area (Å²) in [6.07, 6.45) is 0. The first kappa shape index (κ1) is 34.2. The van der Waals surface area contributed by atoms with Gasteiger partial charge in [0.15, 0.2) is 17.3 Å². The van der Waals surface area contributed by atoms with Gasteiger partial charge in [-0.25, -0.2) is 9.83 Å². The van der Waals surface area contributed by atoms with Crippen LogP contribution in [0.25, 0.3) is 49.9 Å². The van der Waals surface area contributed by atoms with Crippen molar-refractivity contribution in [2.75, 3.05) is 0 Å². The molecule has 1 aliphatic rings. The average Bonchev–Trinajstić information content (AvgIpc) is 3.38. The molecule has 2 heterocycles. The maximum Gasteiger partial charge on any atom is 0.494 e. The van der Waals surface area contributed by atoms with E-state index in [2.05, 4.69) is 65.7 Å². The van der Waals surface area contributed by atoms with Gasteiger partial charge < -0.3 is 9.31 Å². The van der Waals surface area contributed by atoms with E-state index in [1.807, 2.05) is 115 Å². The molecule has 0 aliphatic carbocycles. The molecule has 0 bridgehead atoms. The lowest BCUT2D eigenvalue weighted by molar-refractivity contribution is 0.00578. The van der Waals surface area contributed by atoms with Gasteiger partial charge in [0.25, 0.3) is 0 Å². The highest BCUT2D eigenvalue weighted by Crippen LogP contribution is 2.37. The molecule has 0 atom stereocenters. The molecule has 0 amide bonds. The number of benzene rings is 5. The smallest absolute Gasteiger partial charge is 0.399 e. The van der Waals surface area contributed by atoms with Crippen LogP contribution in [0.15, 0.2) is 127 Å². The molecule has 0 unspecified atom stereocenters. The topological polar surface area (TPSA) is 85.3 Å². The van der Waals surface area contributed by atoms with Crippen LogP contribution in [0.3, 0.4) is 0 Å². The predicted octanol–water partition coefficient (Wildman–Crippen LogP) is 9.60. The fraction of sp³-hybridized carbons (Fsp3) is 0.146. The van der Waals surface area contributed by atoms with Crippen LogP contribution in [0.4, 0.5) is 5.69 Å². The Labute approximate surface area is 298 Å². The van der Waals surface area contributed by atoms with E-state index < -0.39 is 0 Å². The highest BCUT2D eigenvalue weighted by atomic mass is 35.5. The first-order valence-corrected chi connectivity index (χ1v) is 16.4. The summed E-state index contributed by atoms with van der Waals surface area (Å²) in [5, 5.41) is 9.06. The van der Waals surface area contributed by atoms with Crippen LogP contribution in [0.1, 0.15) is 33.3 Å². The van der Waals surface area contributed by atoms with Crippen molar-refractivity contribution in [3.05, 3.63) is 150 Å². The third-order valence-electron chi connectivity index (χ3n) is 8.85. The predicted molar refractivity (Wildman–Crippen MR) is 200 cm³/mol. The van der Waals surface area contributed by atoms with E-state index in [4.69, 9.17) is 32.7 Å². The van der Waals surface area contributed by atoms with Gasteiger partial charge in [0.05, 0.1) is 29.4 Å². The highest BCUT2D eigenvalue weighted by molar-refractivity contribution is 6.62. The monoisotopic (exact) mass is 673 g/mol. The molecule has 5 aromatic carbocycles. The van der Waals surface area contributed by atoms with Crippen molar-refractivity contribution < 1.29 is 9.31 Å². The number of hydrogen-bond acceptors (Lipinski definition) is 6. The van der Waals surface area contributed by atoms with Crippen molar-refractivity contribution in [3.63, 3.8) is 0 Å². The highest BCUT2D eigenvalue weighted by Gasteiger charge is 2.51. The number of aromatic nitrogens is 3. The van der Waals surface area contributed by atoms with Crippen LogP contribution in [0, 0.1) is 17.9 Å². The molecular weight excluding hydrogens is 641 g/mol. The second kappa shape index (κ2) is 14.5. The van der Waals surface area contributed by atoms with Crippen molar-refractivity contribution in [1.29, 1.82) is 5.26 Å². The molecular formula is C41H33BClN5O2. The summed E-state index contributed by atoms with van der Waals surface area (Å²) in [6, 6.07) is 43.0. The van der Waals surface area contributed by atoms with Gasteiger partial charge in [-0.1, -0.05) is 109 Å². The van der Waals surface area contributed by atoms with Crippen LogP contribution in [0.2, 0.25) is 5.28 Å². The number of halogens is 1. The van der Waals surface area contributed by atoms with Crippen LogP contribution in [0.5, 0.6) is 0 Å². The quantitative estimate of drug-likeness (QED) is 0.134. The summed E-state index contributed by atoms with van der Waals surface area (Å²) in [4.78, 5) is 16.6. The summed E-state index contributed by atoms with van der Waals surface area (Å²) in [7, 11) is -0.363. The molecule has 1 saturated heterocycles. The number of rotatable bonds is 5. The number of nitrogens with zero attached hydrogens (tertiary/aromatic N) is 5. The number of hydrogen-bond donors (Lipinski definition) is 0. The summed E-state index contributed by atoms with van der Waals surface area (Å²) in [5.74, 6) is 1.06. The normalized spacial score (nSPS) is 14.2. The van der Waals surface area contributed by atoms with Gasteiger partial charge in [-0.3, -0.25) is 0 Å². The van der Waals surface area contributed by atoms with Gasteiger partial charge in [0, 0.05) is 11.1 Å². The molecule has 7 nitrogen and oxygen atoms in total. The van der Waals surface area contributed by atoms with Crippen LogP contribution < -0.4 is 5.46 Å². The molecule has 0 saturated carbocycles. The number of nitriles is 1. The van der Waals surface area contributed by atoms with Gasteiger partial charge in [-0.05, 0) is 85.2 Å². The lowest BCUT2D eigenvalue weighted by Crippen LogP contribution is -2.41. The van der Waals surface area contributed by atoms with E-state index in [0.717, 1.165) is 38.8 Å². The fourth-order valence-electron chi connectivity index (χ4n) is 5.34. The second-order valence-corrected chi connectivity index (χ2v) is 13.1. The Morgan fingerprint density at radius 2 is 1.14 bits per heavy atom. The molecule has 0 radical (unpaired) electrons. The lowest BCUT2D eigenvalue weighted by atomic mass is 9.78. The van der Waals surface area contributed by atoms with Crippen molar-refractivity contribution in [2.45, 2.75) is 38.9 Å². The van der Waals surface area contributed by atoms with E-state index in [1.54, 1.807) is 0 Å². The molecule has 7 rings (SSSR count). The Hall–Kier alpha value is -5.64. The average molecular weight is 674 g/mol. The van der Waals surface area contributed by atoms with Crippen molar-refractivity contribution in [1.82, 2.24) is 15.0 Å². The van der Waals surface area contributed by atoms with Crippen molar-refractivity contribution in [2.24, 2.45) is 0 Å². The maximum absolute atomic E-state index is 8.90. The zero-order chi connectivity index (χ0) is 35.3. The molecule has 6 aromatic rings. The van der Waals surface area contributed by atoms with Crippen molar-refractivity contribution in [3.8, 4) is 51.1 Å². The second-order valence-electron chi connectivity index (χ2n) is 12.8. The lowest BCUT2D eigenvalue weighted by Gasteiger charge is -2.32. The minimum atomic E-state index is -0.363. The molecule has 9 heteroatoms. The Morgan fingerprint density at radius 3 is 1.74 bits per heavy atom. The zero-order valence-electron chi connectivity index (χ0n) is 28.1. The minimum absolute atomic E-state index is 0.158. The minimum Gasteiger partial charge on any atom is -0.399 e. The molecule has 244 valence electrons. The van der Waals surface area contributed by atoms with E-state index in [0.29, 0.717) is 22.9 Å². The van der Waals surface area contributed by atoms with E-state index in [1.165, 1.54) is 0 Å². The van der Waals surface area contributed by atoms with Gasteiger partial charge in [-0.15, -0.1) is 0 Å². The third kappa shape index (κ3) is 7.65. The summed E-state index contributed by atoms with van der Waals surface area (Å²) >= 11 is 6.15. The molecule has 0 N–H and O–H groups in total. The summed E-state index contributed by atoms with van der Waals surface area (Å²) < 4.78 is 12.2. The van der Waals surface area contributed by atoms with Gasteiger partial charge >= 0.3 is 7.12 Å². The Morgan fingerprint density at radius 1 is 0.620 bits per heavy atom. The summed E-state index contributed by atoms with van der Waals surface area (Å²) in [5.41, 5.74) is 7.52. The molecule has 1 fully saturated rings. The SMILES string of the molecule is CC1(C)OB(c2cccc(-c3ccc(C#N)cc3)c2)OC1(C)C.[C-]#[N+]c1ccc(-c2cccc(-c3nc(Cl)nc(-c4ccccc4)n3)c2)cc1. The zero-order valence-corrected chi connectivity index (χ0v) is 28.9. The van der Waals surface area contributed by atoms with Gasteiger partial charge in [0.2, 0.25) is 5.28 Å². The largest absolute Gasteiger partial charge is 0.494 e. The molecule has 50 heavy (non-hydrogen) atoms. The summed E-state index contributed by atoms with van der Waals surface area (Å²) in [6.45, 7) is 15.3. The molecule has 1 aliphatic heterocycles. The third-order valence-corrected chi connectivity index (χ3v) is 9.02. The standard InChI is InChI=1S/C22H13ClN4.C19H20BNO2/c1-24-19-12-10-15(11-13-19)17-8-5-9-18(14-17)21-25-20(26-22(23)27-21)16-6-3-2-4-7-16;1-18(2)19(3,4)23-20(22-18)17-7-5-6-16(12-17)15-10-8-14(13-21)9-11-15/h2-14H;5-12H,1-4H3. The Kier molecular flexibility index (Phi) is 9.90. The van der Waals surface area contributed by atoms with E-state index in [9.17, 15) is 0 Å². The van der Waals surface area contributed by atoms with Gasteiger partial charge in [-0.2, -0.15) is 15.2 Å². The Bertz CT molecular complexity index is 2190. The first-order valence-electron chi connectivity index (χ1n) is 16.1. The maximum atomic E-state index is 8.90. The van der Waals surface area contributed by atoms with E-state index in [-0.39, 0.29) is 23.6 Å². The Balaban J connectivity index is 0.000000175. The van der Waals surface area contributed by atoms with Crippen molar-refractivity contribution >= 4 is 29.9 Å². The van der Waals surface area contributed by atoms with Gasteiger partial charge in [0.1, 0.15) is 0 Å². The van der Waals surface area contributed by atoms with Crippen LogP contribution in [-0.2, 0) is 9.31 Å². The van der Waals surface area contributed by atoms with Crippen LogP contribution >= 0.6 is 11.6 Å². The molecule has 1 aromatic heterocycles.